The predicted molar refractivity (Wildman–Crippen MR) is 77.6 cm³/mol. The molecule has 0 aliphatic carbocycles. The molecule has 0 unspecified atom stereocenters. The minimum atomic E-state index is -0.145. The van der Waals surface area contributed by atoms with E-state index < -0.39 is 0 Å². The SMILES string of the molecule is CCOc1ccc(SCC(=O)N[C@@H](CC)CO)cc1. The molecule has 4 nitrogen and oxygen atoms in total. The van der Waals surface area contributed by atoms with E-state index in [1.807, 2.05) is 38.1 Å². The Hall–Kier alpha value is -1.20. The molecule has 0 radical (unpaired) electrons. The van der Waals surface area contributed by atoms with Gasteiger partial charge < -0.3 is 15.2 Å². The highest BCUT2D eigenvalue weighted by molar-refractivity contribution is 8.00. The van der Waals surface area contributed by atoms with Crippen LogP contribution in [0.15, 0.2) is 29.2 Å². The molecule has 19 heavy (non-hydrogen) atoms. The molecule has 0 saturated heterocycles. The van der Waals surface area contributed by atoms with E-state index in [0.29, 0.717) is 12.4 Å². The summed E-state index contributed by atoms with van der Waals surface area (Å²) >= 11 is 1.47. The zero-order valence-corrected chi connectivity index (χ0v) is 12.2. The van der Waals surface area contributed by atoms with Crippen LogP contribution >= 0.6 is 11.8 Å². The van der Waals surface area contributed by atoms with E-state index in [-0.39, 0.29) is 18.6 Å². The van der Waals surface area contributed by atoms with Crippen molar-refractivity contribution in [3.8, 4) is 5.75 Å². The molecule has 1 rings (SSSR count). The Morgan fingerprint density at radius 1 is 1.37 bits per heavy atom. The van der Waals surface area contributed by atoms with Crippen molar-refractivity contribution in [3.05, 3.63) is 24.3 Å². The van der Waals surface area contributed by atoms with Gasteiger partial charge in [-0.25, -0.2) is 0 Å². The Kier molecular flexibility index (Phi) is 7.36. The average molecular weight is 283 g/mol. The third-order valence-corrected chi connectivity index (χ3v) is 3.59. The number of hydrogen-bond acceptors (Lipinski definition) is 4. The van der Waals surface area contributed by atoms with Crippen molar-refractivity contribution >= 4 is 17.7 Å². The van der Waals surface area contributed by atoms with Gasteiger partial charge in [0.25, 0.3) is 0 Å². The number of benzene rings is 1. The number of ether oxygens (including phenoxy) is 1. The number of aliphatic hydroxyl groups is 1. The Bertz CT molecular complexity index is 377. The quantitative estimate of drug-likeness (QED) is 0.717. The third kappa shape index (κ3) is 5.98. The summed E-state index contributed by atoms with van der Waals surface area (Å²) in [5.41, 5.74) is 0. The molecular formula is C14H21NO3S. The molecule has 2 N–H and O–H groups in total. The summed E-state index contributed by atoms with van der Waals surface area (Å²) in [6.07, 6.45) is 0.732. The van der Waals surface area contributed by atoms with E-state index in [2.05, 4.69) is 5.32 Å². The van der Waals surface area contributed by atoms with Gasteiger partial charge in [-0.15, -0.1) is 11.8 Å². The van der Waals surface area contributed by atoms with Crippen molar-refractivity contribution in [2.45, 2.75) is 31.2 Å². The monoisotopic (exact) mass is 283 g/mol. The molecule has 1 amide bonds. The summed E-state index contributed by atoms with van der Waals surface area (Å²) in [6.45, 7) is 4.50. The maximum atomic E-state index is 11.6. The fourth-order valence-electron chi connectivity index (χ4n) is 1.49. The van der Waals surface area contributed by atoms with Gasteiger partial charge in [-0.2, -0.15) is 0 Å². The number of hydrogen-bond donors (Lipinski definition) is 2. The summed E-state index contributed by atoms with van der Waals surface area (Å²) in [5, 5.41) is 11.8. The summed E-state index contributed by atoms with van der Waals surface area (Å²) in [6, 6.07) is 7.52. The van der Waals surface area contributed by atoms with Crippen LogP contribution in [0.4, 0.5) is 0 Å². The van der Waals surface area contributed by atoms with Gasteiger partial charge in [-0.3, -0.25) is 4.79 Å². The van der Waals surface area contributed by atoms with E-state index in [1.165, 1.54) is 11.8 Å². The Morgan fingerprint density at radius 2 is 2.05 bits per heavy atom. The van der Waals surface area contributed by atoms with Crippen LogP contribution in [-0.2, 0) is 4.79 Å². The lowest BCUT2D eigenvalue weighted by Crippen LogP contribution is -2.37. The Balaban J connectivity index is 2.37. The summed E-state index contributed by atoms with van der Waals surface area (Å²) in [4.78, 5) is 12.7. The average Bonchev–Trinajstić information content (AvgIpc) is 2.44. The first kappa shape index (κ1) is 15.9. The number of aliphatic hydroxyl groups excluding tert-OH is 1. The number of carbonyl (C=O) groups excluding carboxylic acids is 1. The first-order chi connectivity index (χ1) is 9.19. The van der Waals surface area contributed by atoms with Crippen molar-refractivity contribution in [1.29, 1.82) is 0 Å². The van der Waals surface area contributed by atoms with Gasteiger partial charge in [-0.05, 0) is 37.6 Å². The van der Waals surface area contributed by atoms with Crippen molar-refractivity contribution in [2.24, 2.45) is 0 Å². The molecule has 0 spiro atoms. The number of thioether (sulfide) groups is 1. The van der Waals surface area contributed by atoms with E-state index in [9.17, 15) is 4.79 Å². The van der Waals surface area contributed by atoms with Gasteiger partial charge in [0.05, 0.1) is 25.0 Å². The molecule has 1 atom stereocenters. The second kappa shape index (κ2) is 8.82. The molecule has 0 aliphatic rings. The first-order valence-electron chi connectivity index (χ1n) is 6.45. The zero-order valence-electron chi connectivity index (χ0n) is 11.4. The topological polar surface area (TPSA) is 58.6 Å². The number of amides is 1. The highest BCUT2D eigenvalue weighted by Gasteiger charge is 2.09. The van der Waals surface area contributed by atoms with Crippen LogP contribution in [0.25, 0.3) is 0 Å². The summed E-state index contributed by atoms with van der Waals surface area (Å²) < 4.78 is 5.35. The number of nitrogens with one attached hydrogen (secondary N) is 1. The lowest BCUT2D eigenvalue weighted by Gasteiger charge is -2.13. The molecule has 0 saturated carbocycles. The lowest BCUT2D eigenvalue weighted by atomic mass is 10.2. The van der Waals surface area contributed by atoms with Crippen LogP contribution in [0.2, 0.25) is 0 Å². The molecule has 1 aromatic carbocycles. The molecule has 106 valence electrons. The minimum Gasteiger partial charge on any atom is -0.494 e. The summed E-state index contributed by atoms with van der Waals surface area (Å²) in [7, 11) is 0. The second-order valence-electron chi connectivity index (χ2n) is 4.05. The maximum Gasteiger partial charge on any atom is 0.230 e. The van der Waals surface area contributed by atoms with Crippen LogP contribution in [0, 0.1) is 0 Å². The molecule has 0 aromatic heterocycles. The van der Waals surface area contributed by atoms with Crippen LogP contribution < -0.4 is 10.1 Å². The van der Waals surface area contributed by atoms with Crippen molar-refractivity contribution in [2.75, 3.05) is 19.0 Å². The fourth-order valence-corrected chi connectivity index (χ4v) is 2.20. The largest absolute Gasteiger partial charge is 0.494 e. The Morgan fingerprint density at radius 3 is 2.58 bits per heavy atom. The second-order valence-corrected chi connectivity index (χ2v) is 5.10. The molecule has 0 fully saturated rings. The molecule has 0 bridgehead atoms. The van der Waals surface area contributed by atoms with Gasteiger partial charge in [0.1, 0.15) is 5.75 Å². The highest BCUT2D eigenvalue weighted by atomic mass is 32.2. The number of carbonyl (C=O) groups is 1. The van der Waals surface area contributed by atoms with Gasteiger partial charge in [0.2, 0.25) is 5.91 Å². The van der Waals surface area contributed by atoms with Crippen LogP contribution in [0.3, 0.4) is 0 Å². The highest BCUT2D eigenvalue weighted by Crippen LogP contribution is 2.21. The lowest BCUT2D eigenvalue weighted by molar-refractivity contribution is -0.119. The molecular weight excluding hydrogens is 262 g/mol. The Labute approximate surface area is 118 Å². The van der Waals surface area contributed by atoms with E-state index in [0.717, 1.165) is 17.1 Å². The maximum absolute atomic E-state index is 11.6. The van der Waals surface area contributed by atoms with Crippen LogP contribution in [0.1, 0.15) is 20.3 Å². The standard InChI is InChI=1S/C14H21NO3S/c1-3-11(9-16)15-14(17)10-19-13-7-5-12(6-8-13)18-4-2/h5-8,11,16H,3-4,9-10H2,1-2H3,(H,15,17)/t11-/m0/s1. The van der Waals surface area contributed by atoms with E-state index >= 15 is 0 Å². The zero-order chi connectivity index (χ0) is 14.1. The minimum absolute atomic E-state index is 0.0179. The van der Waals surface area contributed by atoms with Crippen LogP contribution in [0.5, 0.6) is 5.75 Å². The fraction of sp³-hybridized carbons (Fsp3) is 0.500. The van der Waals surface area contributed by atoms with Crippen LogP contribution in [-0.4, -0.2) is 36.0 Å². The van der Waals surface area contributed by atoms with Gasteiger partial charge in [0, 0.05) is 4.90 Å². The normalized spacial score (nSPS) is 11.9. The third-order valence-electron chi connectivity index (χ3n) is 2.58. The van der Waals surface area contributed by atoms with Crippen molar-refractivity contribution in [1.82, 2.24) is 5.32 Å². The molecule has 0 aliphatic heterocycles. The first-order valence-corrected chi connectivity index (χ1v) is 7.44. The smallest absolute Gasteiger partial charge is 0.230 e. The van der Waals surface area contributed by atoms with E-state index in [1.54, 1.807) is 0 Å². The predicted octanol–water partition coefficient (Wildman–Crippen LogP) is 2.06. The van der Waals surface area contributed by atoms with Gasteiger partial charge in [-0.1, -0.05) is 6.92 Å². The van der Waals surface area contributed by atoms with E-state index in [4.69, 9.17) is 9.84 Å². The molecule has 5 heteroatoms. The van der Waals surface area contributed by atoms with Gasteiger partial charge in [0.15, 0.2) is 0 Å². The molecule has 0 heterocycles. The number of rotatable bonds is 8. The van der Waals surface area contributed by atoms with Crippen molar-refractivity contribution < 1.29 is 14.6 Å². The summed E-state index contributed by atoms with van der Waals surface area (Å²) in [5.74, 6) is 1.13. The van der Waals surface area contributed by atoms with Gasteiger partial charge >= 0.3 is 0 Å². The van der Waals surface area contributed by atoms with Crippen molar-refractivity contribution in [3.63, 3.8) is 0 Å². The molecule has 1 aromatic rings.